The van der Waals surface area contributed by atoms with Crippen molar-refractivity contribution in [3.63, 3.8) is 0 Å². The molecule has 1 aromatic rings. The summed E-state index contributed by atoms with van der Waals surface area (Å²) in [6, 6.07) is 4.57. The van der Waals surface area contributed by atoms with E-state index < -0.39 is 11.6 Å². The molecule has 1 aromatic carbocycles. The molecule has 21 heavy (non-hydrogen) atoms. The van der Waals surface area contributed by atoms with E-state index in [1.54, 1.807) is 6.07 Å². The Bertz CT molecular complexity index is 493. The van der Waals surface area contributed by atoms with Gasteiger partial charge in [0.05, 0.1) is 0 Å². The van der Waals surface area contributed by atoms with Crippen molar-refractivity contribution in [1.29, 1.82) is 0 Å². The fourth-order valence-corrected chi connectivity index (χ4v) is 2.71. The van der Waals surface area contributed by atoms with Gasteiger partial charge in [0.25, 0.3) is 0 Å². The van der Waals surface area contributed by atoms with Crippen molar-refractivity contribution in [2.45, 2.75) is 51.1 Å². The van der Waals surface area contributed by atoms with Gasteiger partial charge in [-0.1, -0.05) is 6.07 Å². The van der Waals surface area contributed by atoms with Gasteiger partial charge in [-0.2, -0.15) is 0 Å². The zero-order chi connectivity index (χ0) is 15.2. The van der Waals surface area contributed by atoms with E-state index in [1.165, 1.54) is 6.07 Å². The van der Waals surface area contributed by atoms with Crippen molar-refractivity contribution in [3.8, 4) is 0 Å². The van der Waals surface area contributed by atoms with Crippen LogP contribution in [0.25, 0.3) is 0 Å². The van der Waals surface area contributed by atoms with E-state index in [0.717, 1.165) is 31.0 Å². The normalized spacial score (nSPS) is 22.0. The molecule has 0 radical (unpaired) electrons. The standard InChI is InChI=1S/C16H22F2N2O/c1-11-9-13(7-8-19-11)20-16(21)4-2-3-12-5-6-14(17)15(18)10-12/h5-6,10-11,13,19H,2-4,7-9H2,1H3,(H,20,21). The molecule has 0 bridgehead atoms. The van der Waals surface area contributed by atoms with Gasteiger partial charge in [0.1, 0.15) is 0 Å². The molecular formula is C16H22F2N2O. The van der Waals surface area contributed by atoms with Gasteiger partial charge in [-0.15, -0.1) is 0 Å². The first-order chi connectivity index (χ1) is 10.0. The molecule has 5 heteroatoms. The number of hydrogen-bond donors (Lipinski definition) is 2. The minimum atomic E-state index is -0.837. The predicted octanol–water partition coefficient (Wildman–Crippen LogP) is 2.54. The molecule has 0 saturated carbocycles. The highest BCUT2D eigenvalue weighted by atomic mass is 19.2. The summed E-state index contributed by atoms with van der Waals surface area (Å²) in [6.45, 7) is 3.04. The minimum Gasteiger partial charge on any atom is -0.353 e. The Morgan fingerprint density at radius 2 is 2.19 bits per heavy atom. The molecule has 1 amide bonds. The summed E-state index contributed by atoms with van der Waals surface area (Å²) < 4.78 is 25.8. The lowest BCUT2D eigenvalue weighted by atomic mass is 10.0. The zero-order valence-corrected chi connectivity index (χ0v) is 12.3. The molecule has 3 nitrogen and oxygen atoms in total. The van der Waals surface area contributed by atoms with Crippen LogP contribution in [-0.2, 0) is 11.2 Å². The first kappa shape index (κ1) is 15.9. The number of halogens is 2. The monoisotopic (exact) mass is 296 g/mol. The number of carbonyl (C=O) groups is 1. The number of rotatable bonds is 5. The third-order valence-electron chi connectivity index (χ3n) is 3.84. The molecule has 2 N–H and O–H groups in total. The maximum atomic E-state index is 13.1. The van der Waals surface area contributed by atoms with Crippen molar-refractivity contribution >= 4 is 5.91 Å². The molecular weight excluding hydrogens is 274 g/mol. The number of carbonyl (C=O) groups excluding carboxylic acids is 1. The van der Waals surface area contributed by atoms with Crippen LogP contribution in [0, 0.1) is 11.6 Å². The summed E-state index contributed by atoms with van der Waals surface area (Å²) in [7, 11) is 0. The number of nitrogens with one attached hydrogen (secondary N) is 2. The molecule has 2 atom stereocenters. The fraction of sp³-hybridized carbons (Fsp3) is 0.562. The molecule has 1 aliphatic heterocycles. The minimum absolute atomic E-state index is 0.0386. The van der Waals surface area contributed by atoms with E-state index >= 15 is 0 Å². The molecule has 0 aliphatic carbocycles. The zero-order valence-electron chi connectivity index (χ0n) is 12.3. The van der Waals surface area contributed by atoms with E-state index in [2.05, 4.69) is 17.6 Å². The topological polar surface area (TPSA) is 41.1 Å². The molecule has 1 fully saturated rings. The van der Waals surface area contributed by atoms with Gasteiger partial charge in [0, 0.05) is 18.5 Å². The van der Waals surface area contributed by atoms with Gasteiger partial charge in [-0.25, -0.2) is 8.78 Å². The van der Waals surface area contributed by atoms with Crippen molar-refractivity contribution in [2.24, 2.45) is 0 Å². The third kappa shape index (κ3) is 5.08. The van der Waals surface area contributed by atoms with Crippen molar-refractivity contribution < 1.29 is 13.6 Å². The van der Waals surface area contributed by atoms with Gasteiger partial charge in [0.15, 0.2) is 11.6 Å². The fourth-order valence-electron chi connectivity index (χ4n) is 2.71. The Morgan fingerprint density at radius 1 is 1.38 bits per heavy atom. The van der Waals surface area contributed by atoms with Crippen LogP contribution in [0.15, 0.2) is 18.2 Å². The van der Waals surface area contributed by atoms with Crippen LogP contribution in [0.3, 0.4) is 0 Å². The molecule has 0 aromatic heterocycles. The van der Waals surface area contributed by atoms with Gasteiger partial charge in [-0.3, -0.25) is 4.79 Å². The lowest BCUT2D eigenvalue weighted by molar-refractivity contribution is -0.122. The summed E-state index contributed by atoms with van der Waals surface area (Å²) >= 11 is 0. The van der Waals surface area contributed by atoms with E-state index in [9.17, 15) is 13.6 Å². The Labute approximate surface area is 124 Å². The van der Waals surface area contributed by atoms with Crippen LogP contribution < -0.4 is 10.6 Å². The molecule has 1 aliphatic rings. The Hall–Kier alpha value is -1.49. The highest BCUT2D eigenvalue weighted by molar-refractivity contribution is 5.76. The Kier molecular flexibility index (Phi) is 5.67. The lowest BCUT2D eigenvalue weighted by Gasteiger charge is -2.28. The lowest BCUT2D eigenvalue weighted by Crippen LogP contribution is -2.46. The van der Waals surface area contributed by atoms with E-state index in [-0.39, 0.29) is 11.9 Å². The predicted molar refractivity (Wildman–Crippen MR) is 77.9 cm³/mol. The van der Waals surface area contributed by atoms with Crippen LogP contribution in [0.4, 0.5) is 8.78 Å². The van der Waals surface area contributed by atoms with E-state index in [0.29, 0.717) is 25.3 Å². The number of amides is 1. The van der Waals surface area contributed by atoms with Crippen LogP contribution in [0.5, 0.6) is 0 Å². The van der Waals surface area contributed by atoms with Crippen LogP contribution >= 0.6 is 0 Å². The smallest absolute Gasteiger partial charge is 0.220 e. The molecule has 0 spiro atoms. The summed E-state index contributed by atoms with van der Waals surface area (Å²) in [5, 5.41) is 6.39. The molecule has 2 unspecified atom stereocenters. The molecule has 116 valence electrons. The summed E-state index contributed by atoms with van der Waals surface area (Å²) in [5.41, 5.74) is 0.720. The number of aryl methyl sites for hydroxylation is 1. The van der Waals surface area contributed by atoms with Gasteiger partial charge >= 0.3 is 0 Å². The summed E-state index contributed by atoms with van der Waals surface area (Å²) in [4.78, 5) is 11.9. The quantitative estimate of drug-likeness (QED) is 0.877. The maximum Gasteiger partial charge on any atom is 0.220 e. The number of benzene rings is 1. The second kappa shape index (κ2) is 7.50. The largest absolute Gasteiger partial charge is 0.353 e. The summed E-state index contributed by atoms with van der Waals surface area (Å²) in [5.74, 6) is -1.63. The van der Waals surface area contributed by atoms with Crippen LogP contribution in [-0.4, -0.2) is 24.5 Å². The van der Waals surface area contributed by atoms with Gasteiger partial charge < -0.3 is 10.6 Å². The second-order valence-electron chi connectivity index (χ2n) is 5.75. The second-order valence-corrected chi connectivity index (χ2v) is 5.75. The number of piperidine rings is 1. The Balaban J connectivity index is 1.70. The number of hydrogen-bond acceptors (Lipinski definition) is 2. The van der Waals surface area contributed by atoms with E-state index in [1.807, 2.05) is 0 Å². The van der Waals surface area contributed by atoms with Gasteiger partial charge in [0.2, 0.25) is 5.91 Å². The Morgan fingerprint density at radius 3 is 2.90 bits per heavy atom. The molecule has 1 saturated heterocycles. The highest BCUT2D eigenvalue weighted by Crippen LogP contribution is 2.12. The summed E-state index contributed by atoms with van der Waals surface area (Å²) in [6.07, 6.45) is 3.54. The van der Waals surface area contributed by atoms with Crippen LogP contribution in [0.1, 0.15) is 38.2 Å². The van der Waals surface area contributed by atoms with Crippen molar-refractivity contribution in [1.82, 2.24) is 10.6 Å². The van der Waals surface area contributed by atoms with Crippen molar-refractivity contribution in [3.05, 3.63) is 35.4 Å². The first-order valence-electron chi connectivity index (χ1n) is 7.51. The SMILES string of the molecule is CC1CC(NC(=O)CCCc2ccc(F)c(F)c2)CCN1. The molecule has 1 heterocycles. The average molecular weight is 296 g/mol. The third-order valence-corrected chi connectivity index (χ3v) is 3.84. The van der Waals surface area contributed by atoms with Crippen molar-refractivity contribution in [2.75, 3.05) is 6.54 Å². The van der Waals surface area contributed by atoms with E-state index in [4.69, 9.17) is 0 Å². The molecule has 2 rings (SSSR count). The average Bonchev–Trinajstić information content (AvgIpc) is 2.43. The maximum absolute atomic E-state index is 13.1. The first-order valence-corrected chi connectivity index (χ1v) is 7.51. The van der Waals surface area contributed by atoms with Gasteiger partial charge in [-0.05, 0) is 56.8 Å². The van der Waals surface area contributed by atoms with Crippen LogP contribution in [0.2, 0.25) is 0 Å². The highest BCUT2D eigenvalue weighted by Gasteiger charge is 2.19.